The van der Waals surface area contributed by atoms with Crippen LogP contribution in [0.3, 0.4) is 0 Å². The van der Waals surface area contributed by atoms with Crippen LogP contribution in [0.5, 0.6) is 11.5 Å². The Hall–Kier alpha value is -1.26. The maximum Gasteiger partial charge on any atom is 0.164 e. The van der Waals surface area contributed by atoms with Crippen molar-refractivity contribution in [1.82, 2.24) is 4.90 Å². The van der Waals surface area contributed by atoms with Crippen molar-refractivity contribution in [2.75, 3.05) is 33.9 Å². The van der Waals surface area contributed by atoms with E-state index in [-0.39, 0.29) is 18.1 Å². The molecule has 0 saturated carbocycles. The van der Waals surface area contributed by atoms with Gasteiger partial charge in [0.2, 0.25) is 0 Å². The van der Waals surface area contributed by atoms with E-state index < -0.39 is 0 Å². The number of aliphatic hydroxyl groups is 1. The minimum Gasteiger partial charge on any atom is -0.493 e. The van der Waals surface area contributed by atoms with Crippen LogP contribution in [-0.2, 0) is 5.41 Å². The number of likely N-dealkylation sites (tertiary alicyclic amines) is 1. The van der Waals surface area contributed by atoms with Crippen LogP contribution in [0, 0.1) is 0 Å². The minimum atomic E-state index is -0.350. The highest BCUT2D eigenvalue weighted by atomic mass is 16.5. The molecule has 4 heteroatoms. The monoisotopic (exact) mass is 293 g/mol. The first-order chi connectivity index (χ1) is 9.97. The summed E-state index contributed by atoms with van der Waals surface area (Å²) in [5.41, 5.74) is 0.634. The second-order valence-electron chi connectivity index (χ2n) is 6.50. The SMILES string of the molecule is COc1c(OC2CCN(C)CC2)cccc1C(C)(C)CO. The molecule has 0 aliphatic carbocycles. The van der Waals surface area contributed by atoms with Crippen LogP contribution in [-0.4, -0.2) is 50.0 Å². The van der Waals surface area contributed by atoms with E-state index >= 15 is 0 Å². The van der Waals surface area contributed by atoms with Crippen molar-refractivity contribution < 1.29 is 14.6 Å². The predicted octanol–water partition coefficient (Wildman–Crippen LogP) is 2.44. The second kappa shape index (κ2) is 6.67. The number of benzene rings is 1. The van der Waals surface area contributed by atoms with Crippen molar-refractivity contribution in [3.05, 3.63) is 23.8 Å². The van der Waals surface area contributed by atoms with Crippen LogP contribution in [0.1, 0.15) is 32.3 Å². The van der Waals surface area contributed by atoms with Gasteiger partial charge in [0.05, 0.1) is 13.7 Å². The lowest BCUT2D eigenvalue weighted by Crippen LogP contribution is -2.35. The van der Waals surface area contributed by atoms with Crippen molar-refractivity contribution in [2.24, 2.45) is 0 Å². The van der Waals surface area contributed by atoms with Crippen molar-refractivity contribution in [3.63, 3.8) is 0 Å². The number of rotatable bonds is 5. The van der Waals surface area contributed by atoms with Crippen molar-refractivity contribution in [1.29, 1.82) is 0 Å². The first-order valence-electron chi connectivity index (χ1n) is 7.61. The molecule has 0 bridgehead atoms. The Morgan fingerprint density at radius 3 is 2.52 bits per heavy atom. The highest BCUT2D eigenvalue weighted by Crippen LogP contribution is 2.39. The number of hydrogen-bond donors (Lipinski definition) is 1. The predicted molar refractivity (Wildman–Crippen MR) is 84.3 cm³/mol. The molecule has 0 unspecified atom stereocenters. The van der Waals surface area contributed by atoms with E-state index in [0.717, 1.165) is 43.0 Å². The van der Waals surface area contributed by atoms with E-state index in [1.54, 1.807) is 7.11 Å². The third-order valence-corrected chi connectivity index (χ3v) is 4.27. The third-order valence-electron chi connectivity index (χ3n) is 4.27. The molecular weight excluding hydrogens is 266 g/mol. The summed E-state index contributed by atoms with van der Waals surface area (Å²) in [6.45, 7) is 6.21. The highest BCUT2D eigenvalue weighted by Gasteiger charge is 2.27. The molecule has 1 fully saturated rings. The van der Waals surface area contributed by atoms with Crippen LogP contribution in [0.4, 0.5) is 0 Å². The molecule has 0 amide bonds. The largest absolute Gasteiger partial charge is 0.493 e. The Balaban J connectivity index is 2.22. The van der Waals surface area contributed by atoms with Gasteiger partial charge in [-0.05, 0) is 26.0 Å². The molecule has 1 aliphatic heterocycles. The Morgan fingerprint density at radius 2 is 1.95 bits per heavy atom. The van der Waals surface area contributed by atoms with E-state index in [1.165, 1.54) is 0 Å². The van der Waals surface area contributed by atoms with Gasteiger partial charge in [-0.15, -0.1) is 0 Å². The smallest absolute Gasteiger partial charge is 0.164 e. The van der Waals surface area contributed by atoms with Gasteiger partial charge in [0.25, 0.3) is 0 Å². The Bertz CT molecular complexity index is 465. The normalized spacial score (nSPS) is 17.8. The quantitative estimate of drug-likeness (QED) is 0.905. The van der Waals surface area contributed by atoms with E-state index in [9.17, 15) is 5.11 Å². The number of para-hydroxylation sites is 1. The molecule has 1 aromatic carbocycles. The maximum absolute atomic E-state index is 9.61. The van der Waals surface area contributed by atoms with Gasteiger partial charge >= 0.3 is 0 Å². The summed E-state index contributed by atoms with van der Waals surface area (Å²) in [5, 5.41) is 9.61. The molecule has 1 aliphatic rings. The van der Waals surface area contributed by atoms with Crippen LogP contribution < -0.4 is 9.47 Å². The van der Waals surface area contributed by atoms with E-state index in [1.807, 2.05) is 32.0 Å². The van der Waals surface area contributed by atoms with Crippen LogP contribution in [0.15, 0.2) is 18.2 Å². The average Bonchev–Trinajstić information content (AvgIpc) is 2.49. The molecular formula is C17H27NO3. The van der Waals surface area contributed by atoms with Crippen LogP contribution in [0.25, 0.3) is 0 Å². The number of nitrogens with zero attached hydrogens (tertiary/aromatic N) is 1. The van der Waals surface area contributed by atoms with Gasteiger partial charge in [0, 0.05) is 24.1 Å². The molecule has 0 spiro atoms. The molecule has 0 aromatic heterocycles. The topological polar surface area (TPSA) is 41.9 Å². The molecule has 1 aromatic rings. The molecule has 0 atom stereocenters. The second-order valence-corrected chi connectivity index (χ2v) is 6.50. The standard InChI is InChI=1S/C17H27NO3/c1-17(2,12-19)14-6-5-7-15(16(14)20-4)21-13-8-10-18(3)11-9-13/h5-7,13,19H,8-12H2,1-4H3. The molecule has 2 rings (SSSR count). The molecule has 1 heterocycles. The van der Waals surface area contributed by atoms with Gasteiger partial charge in [-0.25, -0.2) is 0 Å². The number of methoxy groups -OCH3 is 1. The lowest BCUT2D eigenvalue weighted by molar-refractivity contribution is 0.110. The summed E-state index contributed by atoms with van der Waals surface area (Å²) < 4.78 is 11.8. The number of piperidine rings is 1. The van der Waals surface area contributed by atoms with Gasteiger partial charge in [0.1, 0.15) is 6.10 Å². The number of hydrogen-bond acceptors (Lipinski definition) is 4. The van der Waals surface area contributed by atoms with Crippen molar-refractivity contribution >= 4 is 0 Å². The van der Waals surface area contributed by atoms with E-state index in [4.69, 9.17) is 9.47 Å². The van der Waals surface area contributed by atoms with Crippen molar-refractivity contribution in [2.45, 2.75) is 38.2 Å². The van der Waals surface area contributed by atoms with Gasteiger partial charge < -0.3 is 19.5 Å². The summed E-state index contributed by atoms with van der Waals surface area (Å²) >= 11 is 0. The summed E-state index contributed by atoms with van der Waals surface area (Å²) in [4.78, 5) is 2.32. The molecule has 1 N–H and O–H groups in total. The molecule has 118 valence electrons. The van der Waals surface area contributed by atoms with Crippen LogP contribution in [0.2, 0.25) is 0 Å². The third kappa shape index (κ3) is 3.69. The molecule has 1 saturated heterocycles. The maximum atomic E-state index is 9.61. The first kappa shape index (κ1) is 16.1. The lowest BCUT2D eigenvalue weighted by Gasteiger charge is -2.31. The lowest BCUT2D eigenvalue weighted by atomic mass is 9.84. The molecule has 21 heavy (non-hydrogen) atoms. The first-order valence-corrected chi connectivity index (χ1v) is 7.61. The van der Waals surface area contributed by atoms with Gasteiger partial charge in [-0.3, -0.25) is 0 Å². The zero-order valence-corrected chi connectivity index (χ0v) is 13.6. The fourth-order valence-electron chi connectivity index (χ4n) is 2.72. The highest BCUT2D eigenvalue weighted by molar-refractivity contribution is 5.50. The number of ether oxygens (including phenoxy) is 2. The minimum absolute atomic E-state index is 0.0705. The summed E-state index contributed by atoms with van der Waals surface area (Å²) in [6.07, 6.45) is 2.31. The zero-order valence-electron chi connectivity index (χ0n) is 13.6. The van der Waals surface area contributed by atoms with Crippen molar-refractivity contribution in [3.8, 4) is 11.5 Å². The van der Waals surface area contributed by atoms with Gasteiger partial charge in [-0.2, -0.15) is 0 Å². The van der Waals surface area contributed by atoms with Gasteiger partial charge in [-0.1, -0.05) is 26.0 Å². The summed E-state index contributed by atoms with van der Waals surface area (Å²) in [6, 6.07) is 5.92. The summed E-state index contributed by atoms with van der Waals surface area (Å²) in [5.74, 6) is 1.53. The zero-order chi connectivity index (χ0) is 15.5. The Labute approximate surface area is 127 Å². The molecule has 4 nitrogen and oxygen atoms in total. The average molecular weight is 293 g/mol. The fourth-order valence-corrected chi connectivity index (χ4v) is 2.72. The molecule has 0 radical (unpaired) electrons. The van der Waals surface area contributed by atoms with Gasteiger partial charge in [0.15, 0.2) is 11.5 Å². The Kier molecular flexibility index (Phi) is 5.12. The van der Waals surface area contributed by atoms with Crippen LogP contribution >= 0.6 is 0 Å². The number of aliphatic hydroxyl groups excluding tert-OH is 1. The fraction of sp³-hybridized carbons (Fsp3) is 0.647. The summed E-state index contributed by atoms with van der Waals surface area (Å²) in [7, 11) is 3.80. The van der Waals surface area contributed by atoms with E-state index in [0.29, 0.717) is 0 Å². The van der Waals surface area contributed by atoms with E-state index in [2.05, 4.69) is 11.9 Å². The Morgan fingerprint density at radius 1 is 1.29 bits per heavy atom.